The van der Waals surface area contributed by atoms with E-state index in [1.807, 2.05) is 48.7 Å². The second kappa shape index (κ2) is 9.93. The third-order valence-corrected chi connectivity index (χ3v) is 5.93. The summed E-state index contributed by atoms with van der Waals surface area (Å²) >= 11 is 5.72. The molecule has 0 spiro atoms. The van der Waals surface area contributed by atoms with Crippen LogP contribution in [-0.4, -0.2) is 52.9 Å². The van der Waals surface area contributed by atoms with E-state index in [1.54, 1.807) is 19.4 Å². The number of thiocarbonyl (C=S) groups is 1. The van der Waals surface area contributed by atoms with Crippen molar-refractivity contribution in [2.75, 3.05) is 27.4 Å². The van der Waals surface area contributed by atoms with Crippen LogP contribution >= 0.6 is 12.2 Å². The highest BCUT2D eigenvalue weighted by molar-refractivity contribution is 7.80. The van der Waals surface area contributed by atoms with Gasteiger partial charge in [0.15, 0.2) is 5.11 Å². The molecule has 166 valence electrons. The molecule has 1 saturated heterocycles. The Hall–Kier alpha value is -3.23. The molecule has 0 saturated carbocycles. The van der Waals surface area contributed by atoms with E-state index in [1.165, 1.54) is 7.11 Å². The van der Waals surface area contributed by atoms with E-state index in [9.17, 15) is 4.79 Å². The van der Waals surface area contributed by atoms with Gasteiger partial charge in [0.1, 0.15) is 0 Å². The topological polar surface area (TPSA) is 68.6 Å². The average Bonchev–Trinajstić information content (AvgIpc) is 3.44. The number of pyridine rings is 1. The molecule has 0 unspecified atom stereocenters. The Bertz CT molecular complexity index is 1090. The quantitative estimate of drug-likeness (QED) is 0.319. The van der Waals surface area contributed by atoms with Gasteiger partial charge < -0.3 is 24.3 Å². The van der Waals surface area contributed by atoms with Gasteiger partial charge in [0.25, 0.3) is 0 Å². The molecule has 2 aromatic heterocycles. The van der Waals surface area contributed by atoms with Gasteiger partial charge in [0, 0.05) is 44.0 Å². The number of carbonyl (C=O) groups excluding carboxylic acids is 1. The van der Waals surface area contributed by atoms with Crippen molar-refractivity contribution in [1.29, 1.82) is 0 Å². The van der Waals surface area contributed by atoms with Crippen molar-refractivity contribution in [3.63, 3.8) is 0 Å². The predicted octanol–water partition coefficient (Wildman–Crippen LogP) is 3.67. The number of nitrogens with zero attached hydrogens (tertiary/aromatic N) is 3. The lowest BCUT2D eigenvalue weighted by Gasteiger charge is -2.29. The summed E-state index contributed by atoms with van der Waals surface area (Å²) in [6.45, 7) is 1.41. The molecule has 3 heterocycles. The fraction of sp³-hybridized carbons (Fsp3) is 0.292. The summed E-state index contributed by atoms with van der Waals surface area (Å²) in [6.07, 6.45) is 4.64. The van der Waals surface area contributed by atoms with Crippen LogP contribution in [0.5, 0.6) is 0 Å². The number of rotatable bonds is 8. The zero-order valence-electron chi connectivity index (χ0n) is 18.1. The van der Waals surface area contributed by atoms with Crippen molar-refractivity contribution in [1.82, 2.24) is 19.8 Å². The summed E-state index contributed by atoms with van der Waals surface area (Å²) in [5.41, 5.74) is 3.35. The fourth-order valence-corrected chi connectivity index (χ4v) is 4.45. The maximum absolute atomic E-state index is 12.1. The number of hydrogen-bond donors (Lipinski definition) is 1. The van der Waals surface area contributed by atoms with Crippen LogP contribution in [-0.2, 0) is 9.47 Å². The van der Waals surface area contributed by atoms with Gasteiger partial charge in [-0.2, -0.15) is 0 Å². The van der Waals surface area contributed by atoms with Gasteiger partial charge in [-0.1, -0.05) is 12.1 Å². The first-order valence-electron chi connectivity index (χ1n) is 10.5. The Morgan fingerprint density at radius 1 is 1.16 bits per heavy atom. The maximum atomic E-state index is 12.1. The lowest BCUT2D eigenvalue weighted by molar-refractivity contribution is 0.0600. The molecule has 1 fully saturated rings. The van der Waals surface area contributed by atoms with E-state index in [-0.39, 0.29) is 18.1 Å². The number of ether oxygens (including phenoxy) is 2. The van der Waals surface area contributed by atoms with E-state index >= 15 is 0 Å². The Kier molecular flexibility index (Phi) is 6.82. The summed E-state index contributed by atoms with van der Waals surface area (Å²) in [5, 5.41) is 4.16. The molecule has 0 amide bonds. The monoisotopic (exact) mass is 450 g/mol. The van der Waals surface area contributed by atoms with Gasteiger partial charge >= 0.3 is 5.97 Å². The molecule has 8 heteroatoms. The third kappa shape index (κ3) is 4.37. The standard InChI is InChI=1S/C24H26N4O3S/c1-30-15-7-14-28-22(21(26-24(28)32)19-10-3-4-12-25-19)20-11-6-13-27(20)18-9-5-8-17(16-18)23(29)31-2/h3-6,8-13,16,21-22H,7,14-15H2,1-2H3,(H,26,32)/t21-,22-/m0/s1. The number of carbonyl (C=O) groups is 1. The van der Waals surface area contributed by atoms with E-state index in [0.29, 0.717) is 17.3 Å². The van der Waals surface area contributed by atoms with Crippen molar-refractivity contribution in [3.8, 4) is 5.69 Å². The van der Waals surface area contributed by atoms with E-state index in [4.69, 9.17) is 21.7 Å². The lowest BCUT2D eigenvalue weighted by atomic mass is 10.0. The molecule has 0 bridgehead atoms. The first-order chi connectivity index (χ1) is 15.6. The summed E-state index contributed by atoms with van der Waals surface area (Å²) in [6, 6.07) is 17.2. The highest BCUT2D eigenvalue weighted by Crippen LogP contribution is 2.39. The largest absolute Gasteiger partial charge is 0.465 e. The first-order valence-corrected chi connectivity index (χ1v) is 10.9. The second-order valence-electron chi connectivity index (χ2n) is 7.51. The Balaban J connectivity index is 1.76. The van der Waals surface area contributed by atoms with Crippen LogP contribution in [0.3, 0.4) is 0 Å². The minimum atomic E-state index is -0.364. The van der Waals surface area contributed by atoms with Crippen LogP contribution in [0.2, 0.25) is 0 Å². The molecular weight excluding hydrogens is 424 g/mol. The fourth-order valence-electron chi connectivity index (χ4n) is 4.12. The van der Waals surface area contributed by atoms with Crippen molar-refractivity contribution in [2.24, 2.45) is 0 Å². The zero-order chi connectivity index (χ0) is 22.5. The number of aromatic nitrogens is 2. The number of hydrogen-bond acceptors (Lipinski definition) is 5. The number of benzene rings is 1. The SMILES string of the molecule is COCCCN1C(=S)N[C@@H](c2ccccn2)[C@@H]1c1cccn1-c1cccc(C(=O)OC)c1. The summed E-state index contributed by atoms with van der Waals surface area (Å²) in [7, 11) is 3.09. The molecule has 1 aliphatic heterocycles. The molecule has 0 radical (unpaired) electrons. The smallest absolute Gasteiger partial charge is 0.337 e. The minimum absolute atomic E-state index is 0.0777. The number of methoxy groups -OCH3 is 2. The van der Waals surface area contributed by atoms with E-state index in [0.717, 1.165) is 30.0 Å². The molecule has 4 rings (SSSR count). The lowest BCUT2D eigenvalue weighted by Crippen LogP contribution is -2.32. The molecule has 1 aliphatic rings. The number of nitrogens with one attached hydrogen (secondary N) is 1. The highest BCUT2D eigenvalue weighted by Gasteiger charge is 2.40. The molecule has 3 aromatic rings. The molecule has 1 N–H and O–H groups in total. The van der Waals surface area contributed by atoms with Crippen LogP contribution in [0.1, 0.15) is 40.3 Å². The molecular formula is C24H26N4O3S. The molecule has 2 atom stereocenters. The van der Waals surface area contributed by atoms with E-state index < -0.39 is 0 Å². The predicted molar refractivity (Wildman–Crippen MR) is 126 cm³/mol. The van der Waals surface area contributed by atoms with Gasteiger partial charge in [0.05, 0.1) is 30.5 Å². The minimum Gasteiger partial charge on any atom is -0.465 e. The summed E-state index contributed by atoms with van der Waals surface area (Å²) in [4.78, 5) is 18.9. The van der Waals surface area contributed by atoms with Crippen molar-refractivity contribution >= 4 is 23.3 Å². The van der Waals surface area contributed by atoms with Gasteiger partial charge in [0.2, 0.25) is 0 Å². The zero-order valence-corrected chi connectivity index (χ0v) is 18.9. The summed E-state index contributed by atoms with van der Waals surface area (Å²) < 4.78 is 12.2. The van der Waals surface area contributed by atoms with Crippen LogP contribution in [0.25, 0.3) is 5.69 Å². The van der Waals surface area contributed by atoms with Crippen LogP contribution in [0, 0.1) is 0 Å². The van der Waals surface area contributed by atoms with Gasteiger partial charge in [-0.05, 0) is 61.1 Å². The second-order valence-corrected chi connectivity index (χ2v) is 7.90. The first kappa shape index (κ1) is 22.0. The normalized spacial score (nSPS) is 17.9. The Morgan fingerprint density at radius 3 is 2.78 bits per heavy atom. The van der Waals surface area contributed by atoms with Gasteiger partial charge in [-0.3, -0.25) is 4.98 Å². The Morgan fingerprint density at radius 2 is 2.03 bits per heavy atom. The molecule has 0 aliphatic carbocycles. The van der Waals surface area contributed by atoms with Crippen molar-refractivity contribution in [3.05, 3.63) is 83.9 Å². The average molecular weight is 451 g/mol. The molecule has 32 heavy (non-hydrogen) atoms. The van der Waals surface area contributed by atoms with Gasteiger partial charge in [-0.15, -0.1) is 0 Å². The molecule has 7 nitrogen and oxygen atoms in total. The van der Waals surface area contributed by atoms with Crippen molar-refractivity contribution in [2.45, 2.75) is 18.5 Å². The maximum Gasteiger partial charge on any atom is 0.337 e. The van der Waals surface area contributed by atoms with Crippen LogP contribution in [0.4, 0.5) is 0 Å². The summed E-state index contributed by atoms with van der Waals surface area (Å²) in [5.74, 6) is -0.364. The highest BCUT2D eigenvalue weighted by atomic mass is 32.1. The van der Waals surface area contributed by atoms with Crippen LogP contribution in [0.15, 0.2) is 67.0 Å². The van der Waals surface area contributed by atoms with Crippen molar-refractivity contribution < 1.29 is 14.3 Å². The Labute approximate surface area is 193 Å². The van der Waals surface area contributed by atoms with E-state index in [2.05, 4.69) is 25.8 Å². The van der Waals surface area contributed by atoms with Gasteiger partial charge in [-0.25, -0.2) is 4.79 Å². The third-order valence-electron chi connectivity index (χ3n) is 5.57. The number of esters is 1. The molecule has 1 aromatic carbocycles. The van der Waals surface area contributed by atoms with Crippen LogP contribution < -0.4 is 5.32 Å².